The highest BCUT2D eigenvalue weighted by Gasteiger charge is 2.28. The van der Waals surface area contributed by atoms with Gasteiger partial charge in [-0.15, -0.1) is 0 Å². The predicted octanol–water partition coefficient (Wildman–Crippen LogP) is 4.47. The standard InChI is InChI=1S/C25H28N2O5/c1-3-31-25(29)23-19(18-8-4-6-10-21(18)32-23)16-27-14-12-17(13-15-27)24(28)26-20-9-5-7-11-22(20)30-2/h4-11,17H,3,12-16H2,1-2H3,(H,26,28). The number of nitrogens with one attached hydrogen (secondary N) is 1. The van der Waals surface area contributed by atoms with E-state index in [0.29, 0.717) is 30.2 Å². The molecule has 0 saturated carbocycles. The average Bonchev–Trinajstić information content (AvgIpc) is 3.18. The second-order valence-electron chi connectivity index (χ2n) is 7.87. The smallest absolute Gasteiger partial charge is 0.374 e. The van der Waals surface area contributed by atoms with Crippen LogP contribution in [-0.4, -0.2) is 43.6 Å². The van der Waals surface area contributed by atoms with Crippen LogP contribution in [0.5, 0.6) is 5.75 Å². The number of para-hydroxylation sites is 3. The van der Waals surface area contributed by atoms with Crippen molar-refractivity contribution in [2.75, 3.05) is 32.1 Å². The van der Waals surface area contributed by atoms with E-state index in [0.717, 1.165) is 36.9 Å². The Morgan fingerprint density at radius 3 is 2.56 bits per heavy atom. The van der Waals surface area contributed by atoms with Crippen LogP contribution in [0.25, 0.3) is 11.0 Å². The van der Waals surface area contributed by atoms with E-state index in [1.807, 2.05) is 48.5 Å². The fourth-order valence-corrected chi connectivity index (χ4v) is 4.18. The number of hydrogen-bond acceptors (Lipinski definition) is 6. The molecule has 2 aromatic carbocycles. The van der Waals surface area contributed by atoms with Gasteiger partial charge in [-0.25, -0.2) is 4.79 Å². The van der Waals surface area contributed by atoms with E-state index in [1.54, 1.807) is 14.0 Å². The highest BCUT2D eigenvalue weighted by Crippen LogP contribution is 2.30. The molecule has 2 heterocycles. The lowest BCUT2D eigenvalue weighted by Crippen LogP contribution is -2.38. The number of nitrogens with zero attached hydrogens (tertiary/aromatic N) is 1. The number of carbonyl (C=O) groups excluding carboxylic acids is 2. The van der Waals surface area contributed by atoms with Crippen LogP contribution in [0.15, 0.2) is 52.9 Å². The molecule has 4 rings (SSSR count). The number of furan rings is 1. The zero-order chi connectivity index (χ0) is 22.5. The van der Waals surface area contributed by atoms with Gasteiger partial charge in [0.1, 0.15) is 11.3 Å². The normalized spacial score (nSPS) is 14.9. The summed E-state index contributed by atoms with van der Waals surface area (Å²) in [5.41, 5.74) is 2.21. The summed E-state index contributed by atoms with van der Waals surface area (Å²) in [5.74, 6) is 0.419. The zero-order valence-corrected chi connectivity index (χ0v) is 18.4. The predicted molar refractivity (Wildman–Crippen MR) is 122 cm³/mol. The molecule has 0 aliphatic carbocycles. The first-order chi connectivity index (χ1) is 15.6. The molecule has 7 heteroatoms. The molecule has 1 aliphatic heterocycles. The van der Waals surface area contributed by atoms with Gasteiger partial charge in [0.15, 0.2) is 0 Å². The van der Waals surface area contributed by atoms with Gasteiger partial charge in [-0.2, -0.15) is 0 Å². The van der Waals surface area contributed by atoms with Crippen molar-refractivity contribution in [3.63, 3.8) is 0 Å². The maximum Gasteiger partial charge on any atom is 0.374 e. The fraction of sp³-hybridized carbons (Fsp3) is 0.360. The van der Waals surface area contributed by atoms with Crippen molar-refractivity contribution in [2.45, 2.75) is 26.3 Å². The van der Waals surface area contributed by atoms with Gasteiger partial charge in [-0.3, -0.25) is 9.69 Å². The van der Waals surface area contributed by atoms with E-state index in [9.17, 15) is 9.59 Å². The number of anilines is 1. The van der Waals surface area contributed by atoms with Gasteiger partial charge < -0.3 is 19.2 Å². The van der Waals surface area contributed by atoms with Crippen molar-refractivity contribution in [1.82, 2.24) is 4.90 Å². The van der Waals surface area contributed by atoms with Gasteiger partial charge in [0, 0.05) is 23.4 Å². The third-order valence-electron chi connectivity index (χ3n) is 5.86. The summed E-state index contributed by atoms with van der Waals surface area (Å²) in [6, 6.07) is 15.1. The Hall–Kier alpha value is -3.32. The van der Waals surface area contributed by atoms with E-state index in [4.69, 9.17) is 13.9 Å². The Morgan fingerprint density at radius 1 is 1.09 bits per heavy atom. The minimum atomic E-state index is -0.440. The number of fused-ring (bicyclic) bond motifs is 1. The van der Waals surface area contributed by atoms with Crippen LogP contribution in [0.1, 0.15) is 35.9 Å². The summed E-state index contributed by atoms with van der Waals surface area (Å²) < 4.78 is 16.3. The molecular weight excluding hydrogens is 408 g/mol. The van der Waals surface area contributed by atoms with Crippen molar-refractivity contribution >= 4 is 28.5 Å². The molecule has 0 bridgehead atoms. The second-order valence-corrected chi connectivity index (χ2v) is 7.87. The molecule has 0 radical (unpaired) electrons. The number of esters is 1. The van der Waals surface area contributed by atoms with Crippen LogP contribution >= 0.6 is 0 Å². The van der Waals surface area contributed by atoms with E-state index < -0.39 is 5.97 Å². The number of piperidine rings is 1. The highest BCUT2D eigenvalue weighted by molar-refractivity contribution is 5.96. The van der Waals surface area contributed by atoms with E-state index in [1.165, 1.54) is 0 Å². The molecule has 1 amide bonds. The lowest BCUT2D eigenvalue weighted by molar-refractivity contribution is -0.121. The lowest BCUT2D eigenvalue weighted by atomic mass is 9.95. The molecule has 1 saturated heterocycles. The minimum Gasteiger partial charge on any atom is -0.495 e. The summed E-state index contributed by atoms with van der Waals surface area (Å²) in [7, 11) is 1.59. The first-order valence-corrected chi connectivity index (χ1v) is 10.9. The first-order valence-electron chi connectivity index (χ1n) is 10.9. The van der Waals surface area contributed by atoms with Gasteiger partial charge in [-0.05, 0) is 51.1 Å². The number of methoxy groups -OCH3 is 1. The Morgan fingerprint density at radius 2 is 1.81 bits per heavy atom. The number of ether oxygens (including phenoxy) is 2. The van der Waals surface area contributed by atoms with Crippen molar-refractivity contribution in [1.29, 1.82) is 0 Å². The van der Waals surface area contributed by atoms with Gasteiger partial charge in [-0.1, -0.05) is 30.3 Å². The van der Waals surface area contributed by atoms with E-state index in [-0.39, 0.29) is 17.6 Å². The number of benzene rings is 2. The van der Waals surface area contributed by atoms with Crippen molar-refractivity contribution in [3.05, 3.63) is 59.9 Å². The van der Waals surface area contributed by atoms with Crippen LogP contribution in [0.4, 0.5) is 5.69 Å². The lowest BCUT2D eigenvalue weighted by Gasteiger charge is -2.31. The number of rotatable bonds is 7. The van der Waals surface area contributed by atoms with Crippen molar-refractivity contribution < 1.29 is 23.5 Å². The van der Waals surface area contributed by atoms with Crippen LogP contribution in [0.3, 0.4) is 0 Å². The molecule has 0 unspecified atom stereocenters. The number of hydrogen-bond donors (Lipinski definition) is 1. The highest BCUT2D eigenvalue weighted by atomic mass is 16.5. The molecule has 32 heavy (non-hydrogen) atoms. The molecule has 7 nitrogen and oxygen atoms in total. The van der Waals surface area contributed by atoms with Crippen molar-refractivity contribution in [2.24, 2.45) is 5.92 Å². The molecule has 0 atom stereocenters. The second kappa shape index (κ2) is 9.87. The van der Waals surface area contributed by atoms with Crippen LogP contribution in [0.2, 0.25) is 0 Å². The third kappa shape index (κ3) is 4.62. The first kappa shape index (κ1) is 21.9. The SMILES string of the molecule is CCOC(=O)c1oc2ccccc2c1CN1CCC(C(=O)Nc2ccccc2OC)CC1. The molecule has 168 valence electrons. The number of amides is 1. The Bertz CT molecular complexity index is 1100. The summed E-state index contributed by atoms with van der Waals surface area (Å²) >= 11 is 0. The zero-order valence-electron chi connectivity index (χ0n) is 18.4. The summed E-state index contributed by atoms with van der Waals surface area (Å²) in [6.45, 7) is 4.16. The van der Waals surface area contributed by atoms with Crippen LogP contribution < -0.4 is 10.1 Å². The van der Waals surface area contributed by atoms with Gasteiger partial charge in [0.05, 0.1) is 19.4 Å². The quantitative estimate of drug-likeness (QED) is 0.551. The molecular formula is C25H28N2O5. The molecule has 3 aromatic rings. The van der Waals surface area contributed by atoms with Gasteiger partial charge in [0.2, 0.25) is 11.7 Å². The number of likely N-dealkylation sites (tertiary alicyclic amines) is 1. The molecule has 1 aliphatic rings. The van der Waals surface area contributed by atoms with Gasteiger partial charge >= 0.3 is 5.97 Å². The minimum absolute atomic E-state index is 0.00937. The number of carbonyl (C=O) groups is 2. The largest absolute Gasteiger partial charge is 0.495 e. The summed E-state index contributed by atoms with van der Waals surface area (Å²) in [6.07, 6.45) is 1.48. The average molecular weight is 437 g/mol. The van der Waals surface area contributed by atoms with Crippen molar-refractivity contribution in [3.8, 4) is 5.75 Å². The van der Waals surface area contributed by atoms with E-state index in [2.05, 4.69) is 10.2 Å². The monoisotopic (exact) mass is 436 g/mol. The van der Waals surface area contributed by atoms with Crippen LogP contribution in [-0.2, 0) is 16.1 Å². The molecule has 1 aromatic heterocycles. The Balaban J connectivity index is 1.42. The molecule has 1 N–H and O–H groups in total. The topological polar surface area (TPSA) is 81.0 Å². The molecule has 1 fully saturated rings. The molecule has 0 spiro atoms. The van der Waals surface area contributed by atoms with Crippen LogP contribution in [0, 0.1) is 5.92 Å². The summed E-state index contributed by atoms with van der Waals surface area (Å²) in [5, 5.41) is 3.92. The van der Waals surface area contributed by atoms with E-state index >= 15 is 0 Å². The Labute approximate surface area is 187 Å². The third-order valence-corrected chi connectivity index (χ3v) is 5.86. The maximum absolute atomic E-state index is 12.8. The summed E-state index contributed by atoms with van der Waals surface area (Å²) in [4.78, 5) is 27.5. The maximum atomic E-state index is 12.8. The van der Waals surface area contributed by atoms with Gasteiger partial charge in [0.25, 0.3) is 0 Å². The fourth-order valence-electron chi connectivity index (χ4n) is 4.18. The Kier molecular flexibility index (Phi) is 6.75.